The largest absolute Gasteiger partial charge is 0.487 e. The van der Waals surface area contributed by atoms with Gasteiger partial charge in [0.05, 0.1) is 10.7 Å². The van der Waals surface area contributed by atoms with Crippen molar-refractivity contribution in [2.24, 2.45) is 0 Å². The van der Waals surface area contributed by atoms with E-state index in [9.17, 15) is 9.18 Å². The number of rotatable bonds is 8. The van der Waals surface area contributed by atoms with Gasteiger partial charge in [-0.05, 0) is 49.6 Å². The van der Waals surface area contributed by atoms with E-state index >= 15 is 0 Å². The normalized spacial score (nSPS) is 13.5. The summed E-state index contributed by atoms with van der Waals surface area (Å²) in [5.74, 6) is 0.339. The zero-order chi connectivity index (χ0) is 20.9. The average molecular weight is 423 g/mol. The molecule has 1 aromatic heterocycles. The van der Waals surface area contributed by atoms with Crippen molar-refractivity contribution < 1.29 is 13.9 Å². The first-order valence-corrected chi connectivity index (χ1v) is 10.8. The maximum Gasteiger partial charge on any atom is 0.247 e. The molecule has 1 heterocycles. The number of hydrogen-bond acceptors (Lipinski definition) is 4. The van der Waals surface area contributed by atoms with Gasteiger partial charge in [0.25, 0.3) is 0 Å². The lowest BCUT2D eigenvalue weighted by molar-refractivity contribution is -0.127. The third-order valence-electron chi connectivity index (χ3n) is 4.90. The number of benzene rings is 2. The summed E-state index contributed by atoms with van der Waals surface area (Å²) < 4.78 is 19.8. The molecule has 0 saturated heterocycles. The second kappa shape index (κ2) is 9.22. The van der Waals surface area contributed by atoms with E-state index in [1.807, 2.05) is 36.6 Å². The van der Waals surface area contributed by atoms with Gasteiger partial charge in [-0.1, -0.05) is 30.3 Å². The van der Waals surface area contributed by atoms with Crippen LogP contribution in [0.5, 0.6) is 5.75 Å². The summed E-state index contributed by atoms with van der Waals surface area (Å²) in [6, 6.07) is 14.4. The Kier molecular flexibility index (Phi) is 6.23. The van der Waals surface area contributed by atoms with Crippen LogP contribution in [0.15, 0.2) is 60.0 Å². The molecular weight excluding hydrogens is 399 g/mol. The number of thiazole rings is 1. The van der Waals surface area contributed by atoms with Crippen molar-refractivity contribution in [3.63, 3.8) is 0 Å². The number of amides is 1. The van der Waals surface area contributed by atoms with Crippen molar-refractivity contribution in [2.75, 3.05) is 0 Å². The lowest BCUT2D eigenvalue weighted by atomic mass is 10.1. The fraction of sp³-hybridized carbons (Fsp3) is 0.250. The molecule has 4 nitrogen and oxygen atoms in total. The molecule has 1 aliphatic rings. The van der Waals surface area contributed by atoms with Crippen LogP contribution in [-0.4, -0.2) is 21.8 Å². The van der Waals surface area contributed by atoms with E-state index in [0.717, 1.165) is 34.9 Å². The predicted octanol–water partition coefficient (Wildman–Crippen LogP) is 5.37. The van der Waals surface area contributed by atoms with Gasteiger partial charge in [0.2, 0.25) is 5.91 Å². The molecule has 0 radical (unpaired) electrons. The monoisotopic (exact) mass is 422 g/mol. The quantitative estimate of drug-likeness (QED) is 0.458. The minimum Gasteiger partial charge on any atom is -0.487 e. The summed E-state index contributed by atoms with van der Waals surface area (Å²) in [7, 11) is 0. The predicted molar refractivity (Wildman–Crippen MR) is 117 cm³/mol. The summed E-state index contributed by atoms with van der Waals surface area (Å²) >= 11 is 1.60. The first-order chi connectivity index (χ1) is 14.6. The van der Waals surface area contributed by atoms with E-state index in [1.165, 1.54) is 6.07 Å². The summed E-state index contributed by atoms with van der Waals surface area (Å²) in [6.07, 6.45) is 5.27. The molecule has 1 aliphatic carbocycles. The molecule has 1 fully saturated rings. The zero-order valence-electron chi connectivity index (χ0n) is 16.8. The van der Waals surface area contributed by atoms with E-state index < -0.39 is 0 Å². The van der Waals surface area contributed by atoms with Crippen LogP contribution in [0.3, 0.4) is 0 Å². The minimum atomic E-state index is -0.278. The topological polar surface area (TPSA) is 42.4 Å². The van der Waals surface area contributed by atoms with Crippen LogP contribution in [0, 0.1) is 12.7 Å². The molecule has 1 saturated carbocycles. The van der Waals surface area contributed by atoms with E-state index in [4.69, 9.17) is 4.74 Å². The molecule has 0 atom stereocenters. The van der Waals surface area contributed by atoms with Gasteiger partial charge >= 0.3 is 0 Å². The SMILES string of the molecule is Cc1nc(COc2cccc(/C=C\C(=O)N(Cc3ccccc3F)C3CC3)c2)cs1. The molecular formula is C24H23FN2O2S. The molecule has 154 valence electrons. The molecule has 0 bridgehead atoms. The first-order valence-electron chi connectivity index (χ1n) is 9.94. The lowest BCUT2D eigenvalue weighted by Crippen LogP contribution is -2.31. The van der Waals surface area contributed by atoms with Crippen LogP contribution in [0.1, 0.15) is 34.7 Å². The Morgan fingerprint density at radius 1 is 1.27 bits per heavy atom. The highest BCUT2D eigenvalue weighted by atomic mass is 32.1. The number of nitrogens with zero attached hydrogens (tertiary/aromatic N) is 2. The van der Waals surface area contributed by atoms with Gasteiger partial charge in [0.15, 0.2) is 0 Å². The minimum absolute atomic E-state index is 0.106. The lowest BCUT2D eigenvalue weighted by Gasteiger charge is -2.21. The molecule has 3 aromatic rings. The number of hydrogen-bond donors (Lipinski definition) is 0. The fourth-order valence-corrected chi connectivity index (χ4v) is 3.78. The van der Waals surface area contributed by atoms with E-state index in [2.05, 4.69) is 4.98 Å². The molecule has 0 spiro atoms. The van der Waals surface area contributed by atoms with Gasteiger partial charge in [0.1, 0.15) is 18.2 Å². The highest BCUT2D eigenvalue weighted by Crippen LogP contribution is 2.29. The number of carbonyl (C=O) groups is 1. The van der Waals surface area contributed by atoms with E-state index in [0.29, 0.717) is 12.2 Å². The van der Waals surface area contributed by atoms with Crippen LogP contribution in [0.2, 0.25) is 0 Å². The van der Waals surface area contributed by atoms with Gasteiger partial charge in [-0.3, -0.25) is 4.79 Å². The summed E-state index contributed by atoms with van der Waals surface area (Å²) in [6.45, 7) is 2.67. The molecule has 4 rings (SSSR count). The third-order valence-corrected chi connectivity index (χ3v) is 5.72. The average Bonchev–Trinajstić information content (AvgIpc) is 3.51. The van der Waals surface area contributed by atoms with E-state index in [1.54, 1.807) is 46.6 Å². The molecule has 30 heavy (non-hydrogen) atoms. The summed E-state index contributed by atoms with van der Waals surface area (Å²) in [4.78, 5) is 18.9. The summed E-state index contributed by atoms with van der Waals surface area (Å²) in [5.41, 5.74) is 2.32. The van der Waals surface area contributed by atoms with Crippen molar-refractivity contribution in [1.82, 2.24) is 9.88 Å². The number of halogens is 1. The Hall–Kier alpha value is -2.99. The van der Waals surface area contributed by atoms with Crippen molar-refractivity contribution in [3.8, 4) is 5.75 Å². The fourth-order valence-electron chi connectivity index (χ4n) is 3.19. The van der Waals surface area contributed by atoms with Crippen LogP contribution >= 0.6 is 11.3 Å². The Morgan fingerprint density at radius 2 is 2.10 bits per heavy atom. The number of aryl methyl sites for hydroxylation is 1. The van der Waals surface area contributed by atoms with Gasteiger partial charge in [0, 0.05) is 29.6 Å². The molecule has 6 heteroatoms. The van der Waals surface area contributed by atoms with Crippen molar-refractivity contribution in [2.45, 2.75) is 39.0 Å². The molecule has 0 N–H and O–H groups in total. The highest BCUT2D eigenvalue weighted by Gasteiger charge is 2.31. The van der Waals surface area contributed by atoms with Crippen LogP contribution < -0.4 is 4.74 Å². The van der Waals surface area contributed by atoms with Crippen molar-refractivity contribution in [3.05, 3.63) is 87.6 Å². The van der Waals surface area contributed by atoms with Gasteiger partial charge < -0.3 is 9.64 Å². The van der Waals surface area contributed by atoms with Gasteiger partial charge in [-0.15, -0.1) is 11.3 Å². The van der Waals surface area contributed by atoms with Crippen molar-refractivity contribution in [1.29, 1.82) is 0 Å². The smallest absolute Gasteiger partial charge is 0.247 e. The molecule has 0 unspecified atom stereocenters. The molecule has 0 aliphatic heterocycles. The number of carbonyl (C=O) groups excluding carboxylic acids is 1. The second-order valence-corrected chi connectivity index (χ2v) is 8.40. The van der Waals surface area contributed by atoms with Crippen molar-refractivity contribution >= 4 is 23.3 Å². The highest BCUT2D eigenvalue weighted by molar-refractivity contribution is 7.09. The maximum absolute atomic E-state index is 14.0. The number of ether oxygens (including phenoxy) is 1. The first kappa shape index (κ1) is 20.3. The second-order valence-electron chi connectivity index (χ2n) is 7.34. The Morgan fingerprint density at radius 3 is 2.83 bits per heavy atom. The van der Waals surface area contributed by atoms with Crippen LogP contribution in [-0.2, 0) is 17.9 Å². The van der Waals surface area contributed by atoms with Gasteiger partial charge in [-0.2, -0.15) is 0 Å². The Bertz CT molecular complexity index is 1060. The Balaban J connectivity index is 1.40. The molecule has 2 aromatic carbocycles. The van der Waals surface area contributed by atoms with E-state index in [-0.39, 0.29) is 24.3 Å². The Labute approximate surface area is 179 Å². The summed E-state index contributed by atoms with van der Waals surface area (Å²) in [5, 5.41) is 3.00. The maximum atomic E-state index is 14.0. The van der Waals surface area contributed by atoms with Gasteiger partial charge in [-0.25, -0.2) is 9.37 Å². The van der Waals surface area contributed by atoms with Crippen LogP contribution in [0.25, 0.3) is 6.08 Å². The zero-order valence-corrected chi connectivity index (χ0v) is 17.6. The molecule has 1 amide bonds. The van der Waals surface area contributed by atoms with Crippen LogP contribution in [0.4, 0.5) is 4.39 Å². The standard InChI is InChI=1S/C24H23FN2O2S/c1-17-26-20(16-30-17)15-29-22-7-4-5-18(13-22)9-12-24(28)27(21-10-11-21)14-19-6-2-3-8-23(19)25/h2-9,12-13,16,21H,10-11,14-15H2,1H3/b12-9-. The number of aromatic nitrogens is 1. The third kappa shape index (κ3) is 5.33.